The van der Waals surface area contributed by atoms with Crippen LogP contribution in [0.3, 0.4) is 0 Å². The van der Waals surface area contributed by atoms with Gasteiger partial charge >= 0.3 is 5.97 Å². The molecule has 0 aromatic rings. The number of hydrogen-bond donors (Lipinski definition) is 1. The third kappa shape index (κ3) is 4.23. The first kappa shape index (κ1) is 24.9. The second-order valence-corrected chi connectivity index (χ2v) is 12.8. The standard InChI is InChI=1S/C29H46O4/c1-17(2)8-7-9-18(3)22-10-11-23-27-24(12-13-28(22,23)5)29(6)20(15-25(27)32)14-21(31)16-26(29)33-19(4)30/h15,17-18,21-24,26-27,31H,7-14,16H2,1-6H3/t18-,21+,22-,23+,24+,26?,27+,28-,29+/m1/s1. The van der Waals surface area contributed by atoms with Gasteiger partial charge in [-0.05, 0) is 73.2 Å². The summed E-state index contributed by atoms with van der Waals surface area (Å²) < 4.78 is 5.83. The maximum absolute atomic E-state index is 13.6. The average Bonchev–Trinajstić information content (AvgIpc) is 3.06. The van der Waals surface area contributed by atoms with E-state index in [1.54, 1.807) is 0 Å². The van der Waals surface area contributed by atoms with E-state index in [2.05, 4.69) is 34.6 Å². The molecule has 3 saturated carbocycles. The largest absolute Gasteiger partial charge is 0.462 e. The molecule has 4 aliphatic rings. The number of carbonyl (C=O) groups excluding carboxylic acids is 2. The summed E-state index contributed by atoms with van der Waals surface area (Å²) in [4.78, 5) is 25.6. The molecule has 0 spiro atoms. The van der Waals surface area contributed by atoms with Crippen molar-refractivity contribution in [3.8, 4) is 0 Å². The van der Waals surface area contributed by atoms with E-state index in [1.165, 1.54) is 32.6 Å². The molecule has 1 unspecified atom stereocenters. The second-order valence-electron chi connectivity index (χ2n) is 12.8. The van der Waals surface area contributed by atoms with Crippen molar-refractivity contribution in [2.75, 3.05) is 0 Å². The van der Waals surface area contributed by atoms with E-state index in [1.807, 2.05) is 6.08 Å². The predicted molar refractivity (Wildman–Crippen MR) is 130 cm³/mol. The summed E-state index contributed by atoms with van der Waals surface area (Å²) in [6.45, 7) is 13.2. The van der Waals surface area contributed by atoms with Gasteiger partial charge in [-0.3, -0.25) is 9.59 Å². The highest BCUT2D eigenvalue weighted by molar-refractivity contribution is 5.94. The molecule has 4 nitrogen and oxygen atoms in total. The highest BCUT2D eigenvalue weighted by Crippen LogP contribution is 2.67. The molecule has 9 atom stereocenters. The van der Waals surface area contributed by atoms with Crippen LogP contribution in [0.25, 0.3) is 0 Å². The maximum atomic E-state index is 13.6. The summed E-state index contributed by atoms with van der Waals surface area (Å²) in [6, 6.07) is 0. The van der Waals surface area contributed by atoms with Gasteiger partial charge in [0.1, 0.15) is 6.10 Å². The number of aliphatic hydroxyl groups is 1. The molecule has 4 rings (SSSR count). The monoisotopic (exact) mass is 458 g/mol. The first-order valence-electron chi connectivity index (χ1n) is 13.6. The van der Waals surface area contributed by atoms with Gasteiger partial charge in [-0.1, -0.05) is 59.5 Å². The summed E-state index contributed by atoms with van der Waals surface area (Å²) in [5.74, 6) is 2.79. The van der Waals surface area contributed by atoms with Crippen molar-refractivity contribution in [3.63, 3.8) is 0 Å². The summed E-state index contributed by atoms with van der Waals surface area (Å²) in [5.41, 5.74) is 0.895. The molecule has 186 valence electrons. The van der Waals surface area contributed by atoms with Gasteiger partial charge in [0, 0.05) is 24.7 Å². The van der Waals surface area contributed by atoms with Crippen LogP contribution in [0.4, 0.5) is 0 Å². The molecule has 0 aromatic carbocycles. The van der Waals surface area contributed by atoms with Crippen LogP contribution in [-0.4, -0.2) is 29.1 Å². The van der Waals surface area contributed by atoms with E-state index >= 15 is 0 Å². The second kappa shape index (κ2) is 9.13. The number of hydrogen-bond acceptors (Lipinski definition) is 4. The number of fused-ring (bicyclic) bond motifs is 5. The molecular formula is C29H46O4. The molecule has 0 amide bonds. The zero-order chi connectivity index (χ0) is 24.1. The lowest BCUT2D eigenvalue weighted by molar-refractivity contribution is -0.168. The summed E-state index contributed by atoms with van der Waals surface area (Å²) in [7, 11) is 0. The smallest absolute Gasteiger partial charge is 0.302 e. The Balaban J connectivity index is 1.60. The molecule has 3 fully saturated rings. The SMILES string of the molecule is CC(=O)OC1C[C@@H](O)CC2=CC(=O)[C@H]3[C@@H]4CC[C@H]([C@H](C)CCCC(C)C)[C@@]4(C)CC[C@@H]3[C@]21C. The first-order chi connectivity index (χ1) is 15.5. The molecule has 0 saturated heterocycles. The highest BCUT2D eigenvalue weighted by atomic mass is 16.5. The first-order valence-corrected chi connectivity index (χ1v) is 13.6. The Morgan fingerprint density at radius 3 is 2.55 bits per heavy atom. The molecule has 0 heterocycles. The number of allylic oxidation sites excluding steroid dienone is 1. The minimum atomic E-state index is -0.547. The summed E-state index contributed by atoms with van der Waals surface area (Å²) in [6.07, 6.45) is 10.4. The zero-order valence-electron chi connectivity index (χ0n) is 21.7. The Morgan fingerprint density at radius 2 is 1.88 bits per heavy atom. The molecule has 0 aromatic heterocycles. The van der Waals surface area contributed by atoms with Crippen LogP contribution in [0, 0.1) is 46.3 Å². The number of aliphatic hydroxyl groups excluding tert-OH is 1. The summed E-state index contributed by atoms with van der Waals surface area (Å²) in [5, 5.41) is 10.5. The molecular weight excluding hydrogens is 412 g/mol. The average molecular weight is 459 g/mol. The molecule has 4 aliphatic carbocycles. The van der Waals surface area contributed by atoms with Crippen LogP contribution in [0.1, 0.15) is 99.3 Å². The Kier molecular flexibility index (Phi) is 6.90. The van der Waals surface area contributed by atoms with Crippen molar-refractivity contribution in [2.45, 2.75) is 112 Å². The molecule has 1 N–H and O–H groups in total. The van der Waals surface area contributed by atoms with Crippen LogP contribution in [0.5, 0.6) is 0 Å². The fourth-order valence-corrected chi connectivity index (χ4v) is 8.82. The lowest BCUT2D eigenvalue weighted by Gasteiger charge is -2.59. The van der Waals surface area contributed by atoms with Crippen molar-refractivity contribution < 1.29 is 19.4 Å². The molecule has 0 bridgehead atoms. The van der Waals surface area contributed by atoms with Gasteiger partial charge < -0.3 is 9.84 Å². The van der Waals surface area contributed by atoms with Crippen LogP contribution in [-0.2, 0) is 14.3 Å². The fourth-order valence-electron chi connectivity index (χ4n) is 8.82. The van der Waals surface area contributed by atoms with E-state index < -0.39 is 6.10 Å². The fraction of sp³-hybridized carbons (Fsp3) is 0.862. The van der Waals surface area contributed by atoms with Gasteiger partial charge in [0.2, 0.25) is 0 Å². The Hall–Kier alpha value is -1.16. The van der Waals surface area contributed by atoms with Crippen molar-refractivity contribution in [3.05, 3.63) is 11.6 Å². The summed E-state index contributed by atoms with van der Waals surface area (Å²) >= 11 is 0. The topological polar surface area (TPSA) is 63.6 Å². The molecule has 0 aliphatic heterocycles. The Bertz CT molecular complexity index is 799. The Labute approximate surface area is 200 Å². The number of esters is 1. The van der Waals surface area contributed by atoms with Crippen LogP contribution in [0.15, 0.2) is 11.6 Å². The van der Waals surface area contributed by atoms with Crippen LogP contribution >= 0.6 is 0 Å². The van der Waals surface area contributed by atoms with E-state index in [9.17, 15) is 14.7 Å². The van der Waals surface area contributed by atoms with Crippen molar-refractivity contribution in [1.29, 1.82) is 0 Å². The third-order valence-electron chi connectivity index (χ3n) is 10.5. The van der Waals surface area contributed by atoms with Crippen LogP contribution in [0.2, 0.25) is 0 Å². The van der Waals surface area contributed by atoms with Crippen LogP contribution < -0.4 is 0 Å². The predicted octanol–water partition coefficient (Wildman–Crippen LogP) is 6.11. The van der Waals surface area contributed by atoms with Crippen molar-refractivity contribution in [2.24, 2.45) is 46.3 Å². The van der Waals surface area contributed by atoms with Gasteiger partial charge in [-0.25, -0.2) is 0 Å². The normalized spacial score (nSPS) is 43.4. The number of rotatable bonds is 6. The quantitative estimate of drug-likeness (QED) is 0.488. The lowest BCUT2D eigenvalue weighted by Crippen LogP contribution is -2.58. The van der Waals surface area contributed by atoms with Crippen molar-refractivity contribution in [1.82, 2.24) is 0 Å². The minimum absolute atomic E-state index is 0.0265. The van der Waals surface area contributed by atoms with Gasteiger partial charge in [-0.15, -0.1) is 0 Å². The van der Waals surface area contributed by atoms with E-state index in [4.69, 9.17) is 4.74 Å². The maximum Gasteiger partial charge on any atom is 0.302 e. The van der Waals surface area contributed by atoms with Gasteiger partial charge in [0.25, 0.3) is 0 Å². The lowest BCUT2D eigenvalue weighted by atomic mass is 9.46. The van der Waals surface area contributed by atoms with E-state index in [0.717, 1.165) is 30.8 Å². The number of carbonyl (C=O) groups is 2. The number of ether oxygens (including phenoxy) is 1. The van der Waals surface area contributed by atoms with Crippen molar-refractivity contribution >= 4 is 11.8 Å². The molecule has 0 radical (unpaired) electrons. The van der Waals surface area contributed by atoms with Gasteiger partial charge in [0.05, 0.1) is 6.10 Å². The number of ketones is 1. The highest BCUT2D eigenvalue weighted by Gasteiger charge is 2.63. The van der Waals surface area contributed by atoms with Gasteiger partial charge in [-0.2, -0.15) is 0 Å². The molecule has 33 heavy (non-hydrogen) atoms. The molecule has 4 heteroatoms. The van der Waals surface area contributed by atoms with Gasteiger partial charge in [0.15, 0.2) is 5.78 Å². The minimum Gasteiger partial charge on any atom is -0.462 e. The Morgan fingerprint density at radius 1 is 1.15 bits per heavy atom. The van der Waals surface area contributed by atoms with E-state index in [-0.39, 0.29) is 40.5 Å². The third-order valence-corrected chi connectivity index (χ3v) is 10.5. The van der Waals surface area contributed by atoms with E-state index in [0.29, 0.717) is 30.6 Å². The zero-order valence-corrected chi connectivity index (χ0v) is 21.7.